The molecule has 27 heavy (non-hydrogen) atoms. The lowest BCUT2D eigenvalue weighted by Gasteiger charge is -2.27. The van der Waals surface area contributed by atoms with Gasteiger partial charge >= 0.3 is 0 Å². The molecule has 0 spiro atoms. The molecule has 3 atom stereocenters. The van der Waals surface area contributed by atoms with Crippen molar-refractivity contribution >= 4 is 17.4 Å². The van der Waals surface area contributed by atoms with E-state index >= 15 is 0 Å². The highest BCUT2D eigenvalue weighted by Crippen LogP contribution is 2.47. The summed E-state index contributed by atoms with van der Waals surface area (Å²) in [6.45, 7) is 1.56. The van der Waals surface area contributed by atoms with Gasteiger partial charge in [-0.3, -0.25) is 0 Å². The Labute approximate surface area is 162 Å². The summed E-state index contributed by atoms with van der Waals surface area (Å²) in [5.41, 5.74) is 3.59. The van der Waals surface area contributed by atoms with E-state index in [0.717, 1.165) is 67.9 Å². The van der Waals surface area contributed by atoms with Crippen LogP contribution >= 0.6 is 11.6 Å². The number of rotatable bonds is 4. The topological polar surface area (TPSA) is 76.5 Å². The number of nitrogens with zero attached hydrogens (tertiary/aromatic N) is 2. The first-order valence-corrected chi connectivity index (χ1v) is 9.96. The summed E-state index contributed by atoms with van der Waals surface area (Å²) >= 11 is 5.99. The average Bonchev–Trinajstić information content (AvgIpc) is 3.30. The lowest BCUT2D eigenvalue weighted by atomic mass is 9.94. The Bertz CT molecular complexity index is 870. The van der Waals surface area contributed by atoms with Crippen LogP contribution in [0.2, 0.25) is 5.02 Å². The summed E-state index contributed by atoms with van der Waals surface area (Å²) < 4.78 is 11.9. The molecule has 2 saturated heterocycles. The number of hydrogen-bond acceptors (Lipinski definition) is 6. The molecule has 3 aliphatic rings. The van der Waals surface area contributed by atoms with Crippen molar-refractivity contribution in [1.29, 1.82) is 0 Å². The molecule has 142 valence electrons. The maximum atomic E-state index is 10.4. The Morgan fingerprint density at radius 1 is 1.22 bits per heavy atom. The number of ether oxygens (including phenoxy) is 2. The SMILES string of the molecule is Oc1cc(Cl)ccc1-c1nnc(NC[C@@H]2CCCO2)c2c1C[C@@H]1CC[C@H]2O1. The molecule has 3 aliphatic heterocycles. The van der Waals surface area contributed by atoms with Gasteiger partial charge < -0.3 is 19.9 Å². The molecule has 2 fully saturated rings. The van der Waals surface area contributed by atoms with Gasteiger partial charge in [-0.25, -0.2) is 0 Å². The summed E-state index contributed by atoms with van der Waals surface area (Å²) in [5.74, 6) is 0.904. The van der Waals surface area contributed by atoms with Crippen LogP contribution < -0.4 is 5.32 Å². The van der Waals surface area contributed by atoms with Gasteiger partial charge in [-0.05, 0) is 49.4 Å². The number of phenols is 1. The van der Waals surface area contributed by atoms with Crippen molar-refractivity contribution in [3.05, 3.63) is 34.3 Å². The number of aromatic hydroxyl groups is 1. The molecular formula is C20H22ClN3O3. The van der Waals surface area contributed by atoms with Crippen LogP contribution in [-0.4, -0.2) is 40.7 Å². The second-order valence-corrected chi connectivity index (χ2v) is 7.93. The molecule has 0 aliphatic carbocycles. The molecule has 0 radical (unpaired) electrons. The predicted octanol–water partition coefficient (Wildman–Crippen LogP) is 3.87. The second kappa shape index (κ2) is 6.93. The summed E-state index contributed by atoms with van der Waals surface area (Å²) in [6.07, 6.45) is 5.47. The van der Waals surface area contributed by atoms with E-state index in [1.54, 1.807) is 18.2 Å². The van der Waals surface area contributed by atoms with Gasteiger partial charge in [0.2, 0.25) is 0 Å². The van der Waals surface area contributed by atoms with Crippen LogP contribution in [0.4, 0.5) is 5.82 Å². The Balaban J connectivity index is 1.55. The lowest BCUT2D eigenvalue weighted by Crippen LogP contribution is -2.25. The zero-order valence-corrected chi connectivity index (χ0v) is 15.7. The van der Waals surface area contributed by atoms with Gasteiger partial charge in [0, 0.05) is 35.7 Å². The van der Waals surface area contributed by atoms with Crippen LogP contribution in [0.25, 0.3) is 11.3 Å². The van der Waals surface area contributed by atoms with Crippen molar-refractivity contribution in [2.24, 2.45) is 0 Å². The molecule has 2 aromatic rings. The van der Waals surface area contributed by atoms with Crippen LogP contribution in [0.3, 0.4) is 0 Å². The van der Waals surface area contributed by atoms with E-state index in [4.69, 9.17) is 21.1 Å². The molecule has 2 bridgehead atoms. The fourth-order valence-electron chi connectivity index (χ4n) is 4.40. The van der Waals surface area contributed by atoms with Crippen molar-refractivity contribution in [2.45, 2.75) is 50.4 Å². The van der Waals surface area contributed by atoms with E-state index in [0.29, 0.717) is 10.6 Å². The van der Waals surface area contributed by atoms with Gasteiger partial charge in [-0.1, -0.05) is 11.6 Å². The summed E-state index contributed by atoms with van der Waals surface area (Å²) in [4.78, 5) is 0. The smallest absolute Gasteiger partial charge is 0.154 e. The van der Waals surface area contributed by atoms with Crippen molar-refractivity contribution < 1.29 is 14.6 Å². The Kier molecular flexibility index (Phi) is 4.42. The minimum atomic E-state index is 0.0365. The predicted molar refractivity (Wildman–Crippen MR) is 102 cm³/mol. The maximum Gasteiger partial charge on any atom is 0.154 e. The largest absolute Gasteiger partial charge is 0.507 e. The molecule has 4 heterocycles. The van der Waals surface area contributed by atoms with Crippen LogP contribution in [0.15, 0.2) is 18.2 Å². The number of phenolic OH excluding ortho intramolecular Hbond substituents is 1. The fraction of sp³-hybridized carbons (Fsp3) is 0.500. The number of aromatic nitrogens is 2. The zero-order chi connectivity index (χ0) is 18.4. The molecule has 1 aromatic heterocycles. The Hall–Kier alpha value is -1.89. The third-order valence-corrected chi connectivity index (χ3v) is 5.95. The monoisotopic (exact) mass is 387 g/mol. The average molecular weight is 388 g/mol. The third-order valence-electron chi connectivity index (χ3n) is 5.71. The number of halogens is 1. The maximum absolute atomic E-state index is 10.4. The first kappa shape index (κ1) is 17.2. The number of hydrogen-bond donors (Lipinski definition) is 2. The summed E-state index contributed by atoms with van der Waals surface area (Å²) in [7, 11) is 0. The number of benzene rings is 1. The number of anilines is 1. The standard InChI is InChI=1S/C20H22ClN3O3/c21-11-3-5-14(16(25)8-11)19-15-9-12-4-6-17(27-12)18(15)20(24-23-19)22-10-13-2-1-7-26-13/h3,5,8,12-13,17,25H,1-2,4,6-7,9-10H2,(H,22,24)/t12-,13-,17+/m0/s1. The molecule has 0 amide bonds. The molecule has 7 heteroatoms. The van der Waals surface area contributed by atoms with Crippen molar-refractivity contribution in [2.75, 3.05) is 18.5 Å². The van der Waals surface area contributed by atoms with Crippen molar-refractivity contribution in [1.82, 2.24) is 10.2 Å². The normalized spacial score (nSPS) is 26.2. The van der Waals surface area contributed by atoms with E-state index in [1.807, 2.05) is 0 Å². The fourth-order valence-corrected chi connectivity index (χ4v) is 4.57. The number of fused-ring (bicyclic) bond motifs is 4. The van der Waals surface area contributed by atoms with Gasteiger partial charge in [-0.2, -0.15) is 0 Å². The first-order valence-electron chi connectivity index (χ1n) is 9.58. The molecule has 0 unspecified atom stereocenters. The van der Waals surface area contributed by atoms with Gasteiger partial charge in [0.1, 0.15) is 11.4 Å². The van der Waals surface area contributed by atoms with Crippen molar-refractivity contribution in [3.63, 3.8) is 0 Å². The molecular weight excluding hydrogens is 366 g/mol. The zero-order valence-electron chi connectivity index (χ0n) is 14.9. The van der Waals surface area contributed by atoms with Gasteiger partial charge in [0.05, 0.1) is 18.3 Å². The van der Waals surface area contributed by atoms with Crippen LogP contribution in [0.5, 0.6) is 5.75 Å². The Morgan fingerprint density at radius 3 is 2.96 bits per heavy atom. The lowest BCUT2D eigenvalue weighted by molar-refractivity contribution is 0.0325. The molecule has 6 nitrogen and oxygen atoms in total. The quantitative estimate of drug-likeness (QED) is 0.829. The number of nitrogens with one attached hydrogen (secondary N) is 1. The molecule has 1 aromatic carbocycles. The van der Waals surface area contributed by atoms with Crippen LogP contribution in [0.1, 0.15) is 42.9 Å². The highest BCUT2D eigenvalue weighted by atomic mass is 35.5. The van der Waals surface area contributed by atoms with Gasteiger partial charge in [0.25, 0.3) is 0 Å². The third kappa shape index (κ3) is 3.16. The van der Waals surface area contributed by atoms with E-state index in [2.05, 4.69) is 15.5 Å². The van der Waals surface area contributed by atoms with E-state index in [9.17, 15) is 5.11 Å². The van der Waals surface area contributed by atoms with Gasteiger partial charge in [0.15, 0.2) is 5.82 Å². The van der Waals surface area contributed by atoms with Crippen LogP contribution in [-0.2, 0) is 15.9 Å². The van der Waals surface area contributed by atoms with Crippen LogP contribution in [0, 0.1) is 0 Å². The molecule has 0 saturated carbocycles. The van der Waals surface area contributed by atoms with E-state index in [-0.39, 0.29) is 24.1 Å². The van der Waals surface area contributed by atoms with Crippen molar-refractivity contribution in [3.8, 4) is 17.0 Å². The van der Waals surface area contributed by atoms with Gasteiger partial charge in [-0.15, -0.1) is 10.2 Å². The molecule has 5 rings (SSSR count). The highest BCUT2D eigenvalue weighted by molar-refractivity contribution is 6.30. The summed E-state index contributed by atoms with van der Waals surface area (Å²) in [5, 5.41) is 23.3. The summed E-state index contributed by atoms with van der Waals surface area (Å²) in [6, 6.07) is 5.11. The minimum absolute atomic E-state index is 0.0365. The first-order chi connectivity index (χ1) is 13.2. The van der Waals surface area contributed by atoms with E-state index < -0.39 is 0 Å². The second-order valence-electron chi connectivity index (χ2n) is 7.50. The molecule has 2 N–H and O–H groups in total. The minimum Gasteiger partial charge on any atom is -0.507 e. The highest BCUT2D eigenvalue weighted by Gasteiger charge is 2.38. The Morgan fingerprint density at radius 2 is 2.15 bits per heavy atom. The van der Waals surface area contributed by atoms with E-state index in [1.165, 1.54) is 0 Å².